The number of aromatic nitrogens is 1. The predicted octanol–water partition coefficient (Wildman–Crippen LogP) is 3.95. The van der Waals surface area contributed by atoms with Crippen molar-refractivity contribution in [2.75, 3.05) is 6.54 Å². The lowest BCUT2D eigenvalue weighted by Gasteiger charge is -2.18. The van der Waals surface area contributed by atoms with Crippen LogP contribution in [0.25, 0.3) is 10.9 Å². The Morgan fingerprint density at radius 1 is 1.30 bits per heavy atom. The van der Waals surface area contributed by atoms with Crippen molar-refractivity contribution in [3.05, 3.63) is 42.1 Å². The van der Waals surface area contributed by atoms with Crippen LogP contribution in [0.4, 0.5) is 0 Å². The Bertz CT molecular complexity index is 560. The summed E-state index contributed by atoms with van der Waals surface area (Å²) in [7, 11) is 0. The highest BCUT2D eigenvalue weighted by Crippen LogP contribution is 2.34. The Labute approximate surface area is 121 Å². The Morgan fingerprint density at radius 2 is 2.20 bits per heavy atom. The molecule has 0 spiro atoms. The van der Waals surface area contributed by atoms with Crippen molar-refractivity contribution in [1.82, 2.24) is 10.3 Å². The fourth-order valence-corrected chi connectivity index (χ4v) is 2.92. The molecule has 1 aliphatic rings. The van der Waals surface area contributed by atoms with Crippen LogP contribution in [0, 0.1) is 5.92 Å². The van der Waals surface area contributed by atoms with E-state index in [0.717, 1.165) is 30.4 Å². The SMILES string of the molecule is CCCNC(CCc1ccc2cccnc2c1)C1CC1. The zero-order valence-electron chi connectivity index (χ0n) is 12.3. The molecule has 1 aliphatic carbocycles. The molecule has 0 bridgehead atoms. The third kappa shape index (κ3) is 3.37. The zero-order chi connectivity index (χ0) is 13.8. The van der Waals surface area contributed by atoms with Gasteiger partial charge in [-0.25, -0.2) is 0 Å². The maximum absolute atomic E-state index is 4.45. The standard InChI is InChI=1S/C18H24N2/c1-2-11-19-17(16-8-9-16)10-6-14-5-7-15-4-3-12-20-18(15)13-14/h3-5,7,12-13,16-17,19H,2,6,8-11H2,1H3. The topological polar surface area (TPSA) is 24.9 Å². The number of hydrogen-bond donors (Lipinski definition) is 1. The Kier molecular flexibility index (Phi) is 4.31. The van der Waals surface area contributed by atoms with Gasteiger partial charge in [-0.05, 0) is 62.3 Å². The van der Waals surface area contributed by atoms with Crippen LogP contribution in [0.3, 0.4) is 0 Å². The molecule has 1 saturated carbocycles. The third-order valence-electron chi connectivity index (χ3n) is 4.26. The number of nitrogens with one attached hydrogen (secondary N) is 1. The minimum Gasteiger partial charge on any atom is -0.314 e. The highest BCUT2D eigenvalue weighted by Gasteiger charge is 2.30. The van der Waals surface area contributed by atoms with Gasteiger partial charge in [-0.3, -0.25) is 4.98 Å². The Morgan fingerprint density at radius 3 is 3.00 bits per heavy atom. The smallest absolute Gasteiger partial charge is 0.0704 e. The Hall–Kier alpha value is -1.41. The lowest BCUT2D eigenvalue weighted by Crippen LogP contribution is -2.32. The first kappa shape index (κ1) is 13.6. The Balaban J connectivity index is 1.63. The highest BCUT2D eigenvalue weighted by molar-refractivity contribution is 5.78. The maximum Gasteiger partial charge on any atom is 0.0704 e. The molecule has 1 fully saturated rings. The molecular formula is C18H24N2. The van der Waals surface area contributed by atoms with Crippen LogP contribution in [0.1, 0.15) is 38.2 Å². The number of nitrogens with zero attached hydrogens (tertiary/aromatic N) is 1. The van der Waals surface area contributed by atoms with Gasteiger partial charge in [0, 0.05) is 17.6 Å². The molecule has 1 aromatic carbocycles. The number of rotatable bonds is 7. The molecule has 1 unspecified atom stereocenters. The van der Waals surface area contributed by atoms with Crippen LogP contribution in [-0.2, 0) is 6.42 Å². The number of hydrogen-bond acceptors (Lipinski definition) is 2. The molecule has 1 atom stereocenters. The molecule has 2 aromatic rings. The van der Waals surface area contributed by atoms with Gasteiger partial charge in [0.2, 0.25) is 0 Å². The predicted molar refractivity (Wildman–Crippen MR) is 84.9 cm³/mol. The van der Waals surface area contributed by atoms with Gasteiger partial charge in [-0.2, -0.15) is 0 Å². The van der Waals surface area contributed by atoms with Crippen molar-refractivity contribution in [2.24, 2.45) is 5.92 Å². The summed E-state index contributed by atoms with van der Waals surface area (Å²) in [4.78, 5) is 4.45. The van der Waals surface area contributed by atoms with Crippen molar-refractivity contribution in [3.63, 3.8) is 0 Å². The molecule has 0 amide bonds. The van der Waals surface area contributed by atoms with E-state index in [1.54, 1.807) is 0 Å². The lowest BCUT2D eigenvalue weighted by molar-refractivity contribution is 0.436. The minimum atomic E-state index is 0.717. The van der Waals surface area contributed by atoms with E-state index in [2.05, 4.69) is 41.5 Å². The van der Waals surface area contributed by atoms with E-state index >= 15 is 0 Å². The molecule has 1 aromatic heterocycles. The monoisotopic (exact) mass is 268 g/mol. The second kappa shape index (κ2) is 6.36. The van der Waals surface area contributed by atoms with E-state index in [1.807, 2.05) is 12.3 Å². The molecule has 2 heteroatoms. The summed E-state index contributed by atoms with van der Waals surface area (Å²) in [5.41, 5.74) is 2.54. The quantitative estimate of drug-likeness (QED) is 0.822. The van der Waals surface area contributed by atoms with E-state index in [1.165, 1.54) is 36.6 Å². The van der Waals surface area contributed by atoms with Gasteiger partial charge in [-0.1, -0.05) is 25.1 Å². The van der Waals surface area contributed by atoms with Crippen LogP contribution >= 0.6 is 0 Å². The summed E-state index contributed by atoms with van der Waals surface area (Å²) in [5.74, 6) is 0.931. The molecular weight excluding hydrogens is 244 g/mol. The molecule has 0 aliphatic heterocycles. The third-order valence-corrected chi connectivity index (χ3v) is 4.26. The van der Waals surface area contributed by atoms with Crippen LogP contribution < -0.4 is 5.32 Å². The van der Waals surface area contributed by atoms with Gasteiger partial charge in [0.15, 0.2) is 0 Å². The van der Waals surface area contributed by atoms with E-state index < -0.39 is 0 Å². The number of benzene rings is 1. The van der Waals surface area contributed by atoms with Crippen LogP contribution in [0.2, 0.25) is 0 Å². The van der Waals surface area contributed by atoms with Crippen molar-refractivity contribution in [2.45, 2.75) is 45.1 Å². The summed E-state index contributed by atoms with van der Waals surface area (Å²) in [6, 6.07) is 11.5. The summed E-state index contributed by atoms with van der Waals surface area (Å²) in [6.07, 6.45) is 8.35. The fourth-order valence-electron chi connectivity index (χ4n) is 2.92. The van der Waals surface area contributed by atoms with Crippen molar-refractivity contribution in [1.29, 1.82) is 0 Å². The van der Waals surface area contributed by atoms with Crippen LogP contribution in [0.15, 0.2) is 36.5 Å². The van der Waals surface area contributed by atoms with Crippen molar-refractivity contribution in [3.8, 4) is 0 Å². The zero-order valence-corrected chi connectivity index (χ0v) is 12.3. The van der Waals surface area contributed by atoms with Crippen LogP contribution in [0.5, 0.6) is 0 Å². The number of pyridine rings is 1. The van der Waals surface area contributed by atoms with E-state index in [9.17, 15) is 0 Å². The highest BCUT2D eigenvalue weighted by atomic mass is 14.9. The summed E-state index contributed by atoms with van der Waals surface area (Å²) >= 11 is 0. The number of aryl methyl sites for hydroxylation is 1. The maximum atomic E-state index is 4.45. The molecule has 1 heterocycles. The average molecular weight is 268 g/mol. The van der Waals surface area contributed by atoms with E-state index in [0.29, 0.717) is 0 Å². The van der Waals surface area contributed by atoms with Crippen LogP contribution in [-0.4, -0.2) is 17.6 Å². The van der Waals surface area contributed by atoms with Gasteiger partial charge in [-0.15, -0.1) is 0 Å². The molecule has 0 radical (unpaired) electrons. The van der Waals surface area contributed by atoms with Gasteiger partial charge >= 0.3 is 0 Å². The van der Waals surface area contributed by atoms with Gasteiger partial charge in [0.1, 0.15) is 0 Å². The average Bonchev–Trinajstić information content (AvgIpc) is 3.32. The summed E-state index contributed by atoms with van der Waals surface area (Å²) in [5, 5.41) is 4.96. The minimum absolute atomic E-state index is 0.717. The molecule has 3 rings (SSSR count). The second-order valence-corrected chi connectivity index (χ2v) is 5.97. The molecule has 2 nitrogen and oxygen atoms in total. The van der Waals surface area contributed by atoms with Crippen molar-refractivity contribution >= 4 is 10.9 Å². The normalized spacial score (nSPS) is 16.4. The first-order valence-electron chi connectivity index (χ1n) is 7.94. The first-order chi connectivity index (χ1) is 9.86. The van der Waals surface area contributed by atoms with Gasteiger partial charge in [0.25, 0.3) is 0 Å². The second-order valence-electron chi connectivity index (χ2n) is 5.97. The molecule has 1 N–H and O–H groups in total. The number of fused-ring (bicyclic) bond motifs is 1. The lowest BCUT2D eigenvalue weighted by atomic mass is 10.0. The molecule has 0 saturated heterocycles. The van der Waals surface area contributed by atoms with Gasteiger partial charge in [0.05, 0.1) is 5.52 Å². The summed E-state index contributed by atoms with van der Waals surface area (Å²) < 4.78 is 0. The van der Waals surface area contributed by atoms with Crippen molar-refractivity contribution < 1.29 is 0 Å². The molecule has 20 heavy (non-hydrogen) atoms. The molecule has 106 valence electrons. The first-order valence-corrected chi connectivity index (χ1v) is 7.94. The largest absolute Gasteiger partial charge is 0.314 e. The van der Waals surface area contributed by atoms with E-state index in [4.69, 9.17) is 0 Å². The van der Waals surface area contributed by atoms with Gasteiger partial charge < -0.3 is 5.32 Å². The summed E-state index contributed by atoms with van der Waals surface area (Å²) in [6.45, 7) is 3.40. The fraction of sp³-hybridized carbons (Fsp3) is 0.500. The van der Waals surface area contributed by atoms with E-state index in [-0.39, 0.29) is 0 Å².